The van der Waals surface area contributed by atoms with E-state index < -0.39 is 0 Å². The van der Waals surface area contributed by atoms with Crippen molar-refractivity contribution in [3.8, 4) is 0 Å². The summed E-state index contributed by atoms with van der Waals surface area (Å²) >= 11 is 0. The Morgan fingerprint density at radius 3 is 2.44 bits per heavy atom. The number of amides is 2. The Labute approximate surface area is 147 Å². The van der Waals surface area contributed by atoms with E-state index in [0.29, 0.717) is 6.54 Å². The second kappa shape index (κ2) is 8.39. The second-order valence-electron chi connectivity index (χ2n) is 6.15. The largest absolute Gasteiger partial charge is 0.396 e. The molecule has 2 amide bonds. The maximum Gasteiger partial charge on any atom is 0.321 e. The van der Waals surface area contributed by atoms with E-state index in [1.165, 1.54) is 0 Å². The van der Waals surface area contributed by atoms with Gasteiger partial charge in [-0.1, -0.05) is 18.2 Å². The van der Waals surface area contributed by atoms with Gasteiger partial charge < -0.3 is 15.3 Å². The molecule has 0 bridgehead atoms. The molecule has 130 valence electrons. The number of aliphatic hydroxyl groups excluding tert-OH is 1. The van der Waals surface area contributed by atoms with Crippen LogP contribution < -0.4 is 5.32 Å². The van der Waals surface area contributed by atoms with E-state index in [-0.39, 0.29) is 18.6 Å². The lowest BCUT2D eigenvalue weighted by Crippen LogP contribution is -2.43. The minimum absolute atomic E-state index is 0.128. The van der Waals surface area contributed by atoms with Crippen LogP contribution in [0.2, 0.25) is 0 Å². The number of hydrogen-bond acceptors (Lipinski definition) is 4. The normalized spacial score (nSPS) is 17.6. The number of anilines is 1. The van der Waals surface area contributed by atoms with Crippen molar-refractivity contribution in [1.29, 1.82) is 0 Å². The first-order chi connectivity index (χ1) is 12.2. The minimum atomic E-state index is -0.128. The summed E-state index contributed by atoms with van der Waals surface area (Å²) in [6.45, 7) is 1.46. The quantitative estimate of drug-likeness (QED) is 0.814. The smallest absolute Gasteiger partial charge is 0.321 e. The minimum Gasteiger partial charge on any atom is -0.396 e. The van der Waals surface area contributed by atoms with Crippen LogP contribution in [0.4, 0.5) is 21.9 Å². The highest BCUT2D eigenvalue weighted by Gasteiger charge is 2.23. The number of rotatable bonds is 4. The van der Waals surface area contributed by atoms with Crippen LogP contribution in [0.1, 0.15) is 12.8 Å². The van der Waals surface area contributed by atoms with Crippen LogP contribution in [0.25, 0.3) is 0 Å². The van der Waals surface area contributed by atoms with Gasteiger partial charge in [-0.05, 0) is 55.2 Å². The molecule has 1 aliphatic rings. The van der Waals surface area contributed by atoms with Crippen molar-refractivity contribution < 1.29 is 9.90 Å². The summed E-state index contributed by atoms with van der Waals surface area (Å²) < 4.78 is 0. The van der Waals surface area contributed by atoms with Gasteiger partial charge in [0.05, 0.1) is 11.4 Å². The Balaban J connectivity index is 1.57. The molecule has 1 atom stereocenters. The van der Waals surface area contributed by atoms with Gasteiger partial charge in [-0.15, -0.1) is 0 Å². The van der Waals surface area contributed by atoms with Crippen molar-refractivity contribution in [2.75, 3.05) is 25.0 Å². The molecule has 2 aromatic carbocycles. The van der Waals surface area contributed by atoms with E-state index in [2.05, 4.69) is 15.5 Å². The topological polar surface area (TPSA) is 77.3 Å². The Morgan fingerprint density at radius 2 is 1.76 bits per heavy atom. The Bertz CT molecular complexity index is 716. The third kappa shape index (κ3) is 4.87. The third-order valence-electron chi connectivity index (χ3n) is 4.22. The molecule has 1 fully saturated rings. The SMILES string of the molecule is O=C(Nc1ccc(N=Nc2ccccc2)cc1)N1CCCC(CO)C1. The van der Waals surface area contributed by atoms with Crippen LogP contribution in [0.5, 0.6) is 0 Å². The van der Waals surface area contributed by atoms with E-state index in [4.69, 9.17) is 0 Å². The van der Waals surface area contributed by atoms with Crippen LogP contribution in [0.15, 0.2) is 64.8 Å². The monoisotopic (exact) mass is 338 g/mol. The summed E-state index contributed by atoms with van der Waals surface area (Å²) in [6.07, 6.45) is 1.90. The number of carbonyl (C=O) groups is 1. The number of aliphatic hydroxyl groups is 1. The highest BCUT2D eigenvalue weighted by atomic mass is 16.3. The van der Waals surface area contributed by atoms with E-state index in [9.17, 15) is 9.90 Å². The zero-order chi connectivity index (χ0) is 17.5. The van der Waals surface area contributed by atoms with Crippen molar-refractivity contribution in [1.82, 2.24) is 4.90 Å². The Morgan fingerprint density at radius 1 is 1.08 bits per heavy atom. The number of urea groups is 1. The number of benzene rings is 2. The van der Waals surface area contributed by atoms with Gasteiger partial charge in [0.25, 0.3) is 0 Å². The lowest BCUT2D eigenvalue weighted by molar-refractivity contribution is 0.136. The molecule has 0 saturated carbocycles. The number of hydrogen-bond donors (Lipinski definition) is 2. The number of nitrogens with one attached hydrogen (secondary N) is 1. The molecule has 0 aromatic heterocycles. The Kier molecular flexibility index (Phi) is 5.74. The summed E-state index contributed by atoms with van der Waals surface area (Å²) in [4.78, 5) is 14.1. The van der Waals surface area contributed by atoms with Crippen LogP contribution in [0.3, 0.4) is 0 Å². The fourth-order valence-electron chi connectivity index (χ4n) is 2.82. The lowest BCUT2D eigenvalue weighted by atomic mass is 9.99. The summed E-state index contributed by atoms with van der Waals surface area (Å²) in [5, 5.41) is 20.5. The zero-order valence-electron chi connectivity index (χ0n) is 14.0. The van der Waals surface area contributed by atoms with Gasteiger partial charge in [-0.3, -0.25) is 0 Å². The number of carbonyl (C=O) groups excluding carboxylic acids is 1. The molecule has 25 heavy (non-hydrogen) atoms. The van der Waals surface area contributed by atoms with Crippen molar-refractivity contribution in [2.45, 2.75) is 12.8 Å². The molecule has 1 aliphatic heterocycles. The van der Waals surface area contributed by atoms with E-state index in [1.54, 1.807) is 4.90 Å². The fraction of sp³-hybridized carbons (Fsp3) is 0.316. The second-order valence-corrected chi connectivity index (χ2v) is 6.15. The lowest BCUT2D eigenvalue weighted by Gasteiger charge is -2.31. The van der Waals surface area contributed by atoms with Crippen molar-refractivity contribution in [3.05, 3.63) is 54.6 Å². The van der Waals surface area contributed by atoms with Crippen molar-refractivity contribution in [2.24, 2.45) is 16.1 Å². The van der Waals surface area contributed by atoms with Crippen LogP contribution in [0, 0.1) is 5.92 Å². The predicted octanol–water partition coefficient (Wildman–Crippen LogP) is 4.34. The van der Waals surface area contributed by atoms with Crippen molar-refractivity contribution >= 4 is 23.1 Å². The van der Waals surface area contributed by atoms with Crippen LogP contribution >= 0.6 is 0 Å². The van der Waals surface area contributed by atoms with Crippen molar-refractivity contribution in [3.63, 3.8) is 0 Å². The van der Waals surface area contributed by atoms with Gasteiger partial charge in [0.1, 0.15) is 0 Å². The van der Waals surface area contributed by atoms with Gasteiger partial charge in [0.15, 0.2) is 0 Å². The molecule has 6 heteroatoms. The highest BCUT2D eigenvalue weighted by Crippen LogP contribution is 2.21. The molecule has 1 saturated heterocycles. The molecule has 2 aromatic rings. The summed E-state index contributed by atoms with van der Waals surface area (Å²) in [7, 11) is 0. The fourth-order valence-corrected chi connectivity index (χ4v) is 2.82. The van der Waals surface area contributed by atoms with Gasteiger partial charge in [0, 0.05) is 25.4 Å². The zero-order valence-corrected chi connectivity index (χ0v) is 14.0. The predicted molar refractivity (Wildman–Crippen MR) is 97.5 cm³/mol. The number of azo groups is 1. The molecule has 1 heterocycles. The third-order valence-corrected chi connectivity index (χ3v) is 4.22. The first-order valence-corrected chi connectivity index (χ1v) is 8.48. The van der Waals surface area contributed by atoms with Gasteiger partial charge in [-0.25, -0.2) is 4.79 Å². The highest BCUT2D eigenvalue weighted by molar-refractivity contribution is 5.89. The van der Waals surface area contributed by atoms with Crippen LogP contribution in [-0.2, 0) is 0 Å². The summed E-state index contributed by atoms with van der Waals surface area (Å²) in [5.74, 6) is 0.181. The molecule has 0 aliphatic carbocycles. The van der Waals surface area contributed by atoms with Gasteiger partial charge >= 0.3 is 6.03 Å². The standard InChI is InChI=1S/C19H22N4O2/c24-14-15-5-4-12-23(13-15)19(25)20-16-8-10-18(11-9-16)22-21-17-6-2-1-3-7-17/h1-3,6-11,15,24H,4-5,12-14H2,(H,20,25). The first-order valence-electron chi connectivity index (χ1n) is 8.48. The van der Waals surface area contributed by atoms with Gasteiger partial charge in [0.2, 0.25) is 0 Å². The molecule has 0 radical (unpaired) electrons. The maximum atomic E-state index is 12.3. The molecule has 0 spiro atoms. The first kappa shape index (κ1) is 17.1. The molecular formula is C19H22N4O2. The molecule has 2 N–H and O–H groups in total. The molecule has 6 nitrogen and oxygen atoms in total. The molecule has 1 unspecified atom stereocenters. The summed E-state index contributed by atoms with van der Waals surface area (Å²) in [5.41, 5.74) is 2.23. The van der Waals surface area contributed by atoms with E-state index in [1.807, 2.05) is 54.6 Å². The average Bonchev–Trinajstić information content (AvgIpc) is 2.68. The average molecular weight is 338 g/mol. The summed E-state index contributed by atoms with van der Waals surface area (Å²) in [6, 6.07) is 16.6. The van der Waals surface area contributed by atoms with Crippen LogP contribution in [-0.4, -0.2) is 35.7 Å². The number of likely N-dealkylation sites (tertiary alicyclic amines) is 1. The van der Waals surface area contributed by atoms with Gasteiger partial charge in [-0.2, -0.15) is 10.2 Å². The Hall–Kier alpha value is -2.73. The maximum absolute atomic E-state index is 12.3. The van der Waals surface area contributed by atoms with E-state index >= 15 is 0 Å². The number of nitrogens with zero attached hydrogens (tertiary/aromatic N) is 3. The molecule has 3 rings (SSSR count). The van der Waals surface area contributed by atoms with E-state index in [0.717, 1.165) is 36.4 Å². The molecular weight excluding hydrogens is 316 g/mol. The number of piperidine rings is 1.